The topological polar surface area (TPSA) is 50.6 Å². The van der Waals surface area contributed by atoms with Crippen molar-refractivity contribution in [2.24, 2.45) is 18.9 Å². The van der Waals surface area contributed by atoms with Crippen molar-refractivity contribution in [3.05, 3.63) is 18.0 Å². The predicted octanol–water partition coefficient (Wildman–Crippen LogP) is 2.47. The molecule has 2 fully saturated rings. The van der Waals surface area contributed by atoms with E-state index >= 15 is 0 Å². The first-order valence-corrected chi connectivity index (χ1v) is 10.1. The van der Waals surface area contributed by atoms with Crippen molar-refractivity contribution in [1.29, 1.82) is 0 Å². The van der Waals surface area contributed by atoms with Crippen molar-refractivity contribution in [3.8, 4) is 0 Å². The summed E-state index contributed by atoms with van der Waals surface area (Å²) in [5.41, 5.74) is 1.28. The van der Waals surface area contributed by atoms with Gasteiger partial charge in [-0.3, -0.25) is 14.4 Å². The summed E-state index contributed by atoms with van der Waals surface area (Å²) in [7, 11) is 3.94. The maximum atomic E-state index is 12.6. The fraction of sp³-hybridized carbons (Fsp3) is 0.800. The second-order valence-corrected chi connectivity index (χ2v) is 7.97. The Morgan fingerprint density at radius 1 is 1.42 bits per heavy atom. The molecule has 3 rings (SSSR count). The van der Waals surface area contributed by atoms with E-state index in [9.17, 15) is 4.79 Å². The van der Waals surface area contributed by atoms with Crippen molar-refractivity contribution in [1.82, 2.24) is 19.6 Å². The zero-order chi connectivity index (χ0) is 18.5. The molecule has 0 spiro atoms. The van der Waals surface area contributed by atoms with Crippen molar-refractivity contribution < 1.29 is 9.53 Å². The van der Waals surface area contributed by atoms with Crippen LogP contribution in [0, 0.1) is 11.8 Å². The van der Waals surface area contributed by atoms with Gasteiger partial charge in [-0.05, 0) is 50.6 Å². The summed E-state index contributed by atoms with van der Waals surface area (Å²) in [5.74, 6) is 1.31. The number of piperidine rings is 1. The average Bonchev–Trinajstić information content (AvgIpc) is 3.30. The number of aromatic nitrogens is 2. The molecule has 6 nitrogen and oxygen atoms in total. The summed E-state index contributed by atoms with van der Waals surface area (Å²) in [6, 6.07) is 0.362. The largest absolute Gasteiger partial charge is 0.381 e. The highest BCUT2D eigenvalue weighted by Gasteiger charge is 2.34. The number of amides is 1. The molecule has 0 unspecified atom stereocenters. The molecule has 1 amide bonds. The van der Waals surface area contributed by atoms with Gasteiger partial charge in [0.15, 0.2) is 0 Å². The van der Waals surface area contributed by atoms with E-state index in [0.29, 0.717) is 24.3 Å². The summed E-state index contributed by atoms with van der Waals surface area (Å²) in [5, 5.41) is 4.38. The minimum atomic E-state index is 0.274. The van der Waals surface area contributed by atoms with E-state index in [1.807, 2.05) is 29.9 Å². The SMILES string of the molecule is CCN1CCC[C@@H](CN(C)C(=O)CC[C@H]2CCOC2)[C@@H]1c1cnn(C)c1. The van der Waals surface area contributed by atoms with Gasteiger partial charge in [-0.15, -0.1) is 0 Å². The quantitative estimate of drug-likeness (QED) is 0.748. The Kier molecular flexibility index (Phi) is 6.70. The smallest absolute Gasteiger partial charge is 0.222 e. The minimum Gasteiger partial charge on any atom is -0.381 e. The monoisotopic (exact) mass is 362 g/mol. The third-order valence-electron chi connectivity index (χ3n) is 6.06. The van der Waals surface area contributed by atoms with Crippen LogP contribution in [0.3, 0.4) is 0 Å². The zero-order valence-corrected chi connectivity index (χ0v) is 16.6. The van der Waals surface area contributed by atoms with E-state index in [1.54, 1.807) is 0 Å². The van der Waals surface area contributed by atoms with Crippen molar-refractivity contribution >= 4 is 5.91 Å². The predicted molar refractivity (Wildman–Crippen MR) is 102 cm³/mol. The Hall–Kier alpha value is -1.40. The summed E-state index contributed by atoms with van der Waals surface area (Å²) in [4.78, 5) is 17.1. The van der Waals surface area contributed by atoms with Gasteiger partial charge in [0.25, 0.3) is 0 Å². The normalized spacial score (nSPS) is 27.0. The lowest BCUT2D eigenvalue weighted by Gasteiger charge is -2.42. The first kappa shape index (κ1) is 19.4. The van der Waals surface area contributed by atoms with Crippen LogP contribution >= 0.6 is 0 Å². The number of ether oxygens (including phenoxy) is 1. The lowest BCUT2D eigenvalue weighted by atomic mass is 9.85. The molecule has 3 heterocycles. The number of carbonyl (C=O) groups excluding carboxylic acids is 1. The molecular formula is C20H34N4O2. The second kappa shape index (κ2) is 9.00. The van der Waals surface area contributed by atoms with Gasteiger partial charge in [-0.2, -0.15) is 5.10 Å². The molecule has 2 aliphatic heterocycles. The van der Waals surface area contributed by atoms with E-state index in [0.717, 1.165) is 45.7 Å². The Labute approximate surface area is 157 Å². The third kappa shape index (κ3) is 4.65. The lowest BCUT2D eigenvalue weighted by molar-refractivity contribution is -0.131. The van der Waals surface area contributed by atoms with E-state index < -0.39 is 0 Å². The lowest BCUT2D eigenvalue weighted by Crippen LogP contribution is -2.43. The average molecular weight is 363 g/mol. The van der Waals surface area contributed by atoms with Gasteiger partial charge in [0.2, 0.25) is 5.91 Å². The number of nitrogens with zero attached hydrogens (tertiary/aromatic N) is 4. The molecule has 0 N–H and O–H groups in total. The second-order valence-electron chi connectivity index (χ2n) is 7.97. The molecule has 2 saturated heterocycles. The van der Waals surface area contributed by atoms with Crippen LogP contribution in [0.4, 0.5) is 0 Å². The number of carbonyl (C=O) groups is 1. The van der Waals surface area contributed by atoms with Crippen LogP contribution in [0.2, 0.25) is 0 Å². The maximum Gasteiger partial charge on any atom is 0.222 e. The van der Waals surface area contributed by atoms with Crippen molar-refractivity contribution in [2.75, 3.05) is 39.9 Å². The molecular weight excluding hydrogens is 328 g/mol. The van der Waals surface area contributed by atoms with E-state index in [-0.39, 0.29) is 5.91 Å². The summed E-state index contributed by atoms with van der Waals surface area (Å²) < 4.78 is 7.30. The molecule has 3 atom stereocenters. The highest BCUT2D eigenvalue weighted by Crippen LogP contribution is 2.36. The zero-order valence-electron chi connectivity index (χ0n) is 16.6. The molecule has 0 bridgehead atoms. The van der Waals surface area contributed by atoms with Gasteiger partial charge in [0.05, 0.1) is 6.20 Å². The highest BCUT2D eigenvalue weighted by atomic mass is 16.5. The molecule has 1 aromatic rings. The molecule has 146 valence electrons. The van der Waals surface area contributed by atoms with Gasteiger partial charge < -0.3 is 9.64 Å². The van der Waals surface area contributed by atoms with E-state index in [2.05, 4.69) is 23.1 Å². The molecule has 26 heavy (non-hydrogen) atoms. The Morgan fingerprint density at radius 2 is 2.27 bits per heavy atom. The summed E-state index contributed by atoms with van der Waals surface area (Å²) >= 11 is 0. The van der Waals surface area contributed by atoms with Crippen molar-refractivity contribution in [2.45, 2.75) is 45.1 Å². The van der Waals surface area contributed by atoms with Crippen LogP contribution in [0.1, 0.15) is 50.6 Å². The van der Waals surface area contributed by atoms with Crippen LogP contribution in [0.15, 0.2) is 12.4 Å². The summed E-state index contributed by atoms with van der Waals surface area (Å²) in [6.07, 6.45) is 9.21. The van der Waals surface area contributed by atoms with E-state index in [4.69, 9.17) is 4.74 Å². The molecule has 0 aromatic carbocycles. The van der Waals surface area contributed by atoms with Crippen molar-refractivity contribution in [3.63, 3.8) is 0 Å². The standard InChI is InChI=1S/C20H34N4O2/c1-4-24-10-5-6-17(20(24)18-12-21-23(3)14-18)13-22(2)19(25)8-7-16-9-11-26-15-16/h12,14,16-17,20H,4-11,13,15H2,1-3H3/t16-,17-,20+/m0/s1. The number of hydrogen-bond donors (Lipinski definition) is 0. The van der Waals surface area contributed by atoms with Gasteiger partial charge >= 0.3 is 0 Å². The number of hydrogen-bond acceptors (Lipinski definition) is 4. The van der Waals surface area contributed by atoms with Gasteiger partial charge in [-0.1, -0.05) is 6.92 Å². The molecule has 1 aromatic heterocycles. The fourth-order valence-corrected chi connectivity index (χ4v) is 4.56. The first-order chi connectivity index (χ1) is 12.6. The molecule has 0 aliphatic carbocycles. The minimum absolute atomic E-state index is 0.274. The van der Waals surface area contributed by atoms with Crippen LogP contribution in [-0.4, -0.2) is 65.4 Å². The first-order valence-electron chi connectivity index (χ1n) is 10.1. The van der Waals surface area contributed by atoms with Crippen LogP contribution < -0.4 is 0 Å². The van der Waals surface area contributed by atoms with E-state index in [1.165, 1.54) is 18.4 Å². The maximum absolute atomic E-state index is 12.6. The third-order valence-corrected chi connectivity index (χ3v) is 6.06. The fourth-order valence-electron chi connectivity index (χ4n) is 4.56. The molecule has 0 radical (unpaired) electrons. The van der Waals surface area contributed by atoms with Gasteiger partial charge in [0.1, 0.15) is 0 Å². The highest BCUT2D eigenvalue weighted by molar-refractivity contribution is 5.75. The molecule has 6 heteroatoms. The van der Waals surface area contributed by atoms with Crippen LogP contribution in [0.5, 0.6) is 0 Å². The Balaban J connectivity index is 1.60. The van der Waals surface area contributed by atoms with Crippen LogP contribution in [-0.2, 0) is 16.6 Å². The molecule has 2 aliphatic rings. The van der Waals surface area contributed by atoms with Gasteiger partial charge in [-0.25, -0.2) is 0 Å². The Bertz CT molecular complexity index is 582. The Morgan fingerprint density at radius 3 is 2.92 bits per heavy atom. The molecule has 0 saturated carbocycles. The number of aryl methyl sites for hydroxylation is 1. The number of likely N-dealkylation sites (tertiary alicyclic amines) is 1. The number of rotatable bonds is 7. The van der Waals surface area contributed by atoms with Crippen LogP contribution in [0.25, 0.3) is 0 Å². The van der Waals surface area contributed by atoms with Gasteiger partial charge in [0, 0.05) is 58.1 Å². The summed E-state index contributed by atoms with van der Waals surface area (Å²) in [6.45, 7) is 6.91.